The minimum atomic E-state index is -0.992. The highest BCUT2D eigenvalue weighted by atomic mass is 16.3. The summed E-state index contributed by atoms with van der Waals surface area (Å²) < 4.78 is 0. The second-order valence-electron chi connectivity index (χ2n) is 15.4. The molecule has 0 aromatic heterocycles. The highest BCUT2D eigenvalue weighted by Crippen LogP contribution is 2.59. The Morgan fingerprint density at radius 2 is 1.33 bits per heavy atom. The van der Waals surface area contributed by atoms with Crippen LogP contribution in [0, 0.1) is 22.7 Å². The number of aryl methyl sites for hydroxylation is 2. The topological polar surface area (TPSA) is 148 Å². The van der Waals surface area contributed by atoms with E-state index in [9.17, 15) is 19.5 Å². The van der Waals surface area contributed by atoms with Gasteiger partial charge in [-0.05, 0) is 121 Å². The van der Waals surface area contributed by atoms with Crippen LogP contribution in [0.15, 0.2) is 36.4 Å². The van der Waals surface area contributed by atoms with Crippen molar-refractivity contribution in [1.82, 2.24) is 5.32 Å². The van der Waals surface area contributed by atoms with Gasteiger partial charge in [-0.2, -0.15) is 0 Å². The quantitative estimate of drug-likeness (QED) is 0.239. The van der Waals surface area contributed by atoms with Crippen molar-refractivity contribution in [3.8, 4) is 0 Å². The first-order valence-corrected chi connectivity index (χ1v) is 16.8. The molecule has 242 valence electrons. The van der Waals surface area contributed by atoms with Gasteiger partial charge in [0.25, 0.3) is 0 Å². The molecule has 45 heavy (non-hydrogen) atoms. The summed E-state index contributed by atoms with van der Waals surface area (Å²) in [5.74, 6) is -0.554. The van der Waals surface area contributed by atoms with Gasteiger partial charge in [-0.3, -0.25) is 19.7 Å². The Morgan fingerprint density at radius 3 is 1.87 bits per heavy atom. The van der Waals surface area contributed by atoms with Crippen LogP contribution >= 0.6 is 0 Å². The van der Waals surface area contributed by atoms with Crippen LogP contribution in [0.25, 0.3) is 0 Å². The normalized spacial score (nSPS) is 34.3. The SMILES string of the molecule is C[C@]1(C(=O)NC(=O)[C@@]2(C)CCC[C@]3(C)c4cc(NC(=O)C(N)CO)ccc4CC[C@@H]23)CCC[C@]2(C)c3cc(N)ccc3CC[C@@H]12. The van der Waals surface area contributed by atoms with Crippen molar-refractivity contribution in [2.24, 2.45) is 28.4 Å². The lowest BCUT2D eigenvalue weighted by molar-refractivity contribution is -0.150. The van der Waals surface area contributed by atoms with Gasteiger partial charge >= 0.3 is 0 Å². The fraction of sp³-hybridized carbons (Fsp3) is 0.595. The standard InChI is InChI=1S/C37H50N4O4/c1-34-15-5-17-36(3,29(34)13-9-22-7-11-24(38)19-26(22)34)32(44)41-33(45)37(4)18-6-16-35(2)27-20-25(40-31(43)28(39)21-42)12-8-23(27)10-14-30(35)37/h7-8,11-12,19-20,28-30,42H,5-6,9-10,13-18,21,38-39H2,1-4H3,(H,40,43)(H,41,44,45)/t28?,29-,30-,34-,35-,36+,37+/m1/s1. The molecular weight excluding hydrogens is 564 g/mol. The minimum absolute atomic E-state index is 0.0404. The zero-order valence-electron chi connectivity index (χ0n) is 27.3. The Morgan fingerprint density at radius 1 is 0.822 bits per heavy atom. The number of nitrogens with one attached hydrogen (secondary N) is 2. The Bertz CT molecular complexity index is 1540. The van der Waals surface area contributed by atoms with Crippen molar-refractivity contribution in [2.75, 3.05) is 17.7 Å². The number of anilines is 2. The summed E-state index contributed by atoms with van der Waals surface area (Å²) in [4.78, 5) is 41.1. The van der Waals surface area contributed by atoms with Crippen LogP contribution in [-0.2, 0) is 38.1 Å². The molecule has 7 N–H and O–H groups in total. The molecule has 2 saturated carbocycles. The Labute approximate surface area is 267 Å². The molecule has 1 unspecified atom stereocenters. The van der Waals surface area contributed by atoms with Crippen molar-refractivity contribution < 1.29 is 19.5 Å². The number of carbonyl (C=O) groups excluding carboxylic acids is 3. The second kappa shape index (κ2) is 11.2. The van der Waals surface area contributed by atoms with Crippen LogP contribution in [-0.4, -0.2) is 35.5 Å². The third-order valence-electron chi connectivity index (χ3n) is 12.8. The average molecular weight is 615 g/mol. The van der Waals surface area contributed by atoms with Gasteiger partial charge in [0.05, 0.1) is 17.4 Å². The summed E-state index contributed by atoms with van der Waals surface area (Å²) in [5, 5.41) is 15.2. The average Bonchev–Trinajstić information content (AvgIpc) is 3.00. The van der Waals surface area contributed by atoms with E-state index in [4.69, 9.17) is 11.5 Å². The van der Waals surface area contributed by atoms with Crippen molar-refractivity contribution >= 4 is 29.1 Å². The number of rotatable bonds is 5. The zero-order valence-corrected chi connectivity index (χ0v) is 27.3. The molecule has 2 aromatic carbocycles. The van der Waals surface area contributed by atoms with Gasteiger partial charge in [0.2, 0.25) is 17.7 Å². The molecule has 0 saturated heterocycles. The number of aliphatic hydroxyl groups is 1. The third kappa shape index (κ3) is 4.99. The molecule has 4 aliphatic carbocycles. The van der Waals surface area contributed by atoms with Crippen molar-refractivity contribution in [1.29, 1.82) is 0 Å². The third-order valence-corrected chi connectivity index (χ3v) is 12.8. The van der Waals surface area contributed by atoms with E-state index < -0.39 is 29.4 Å². The lowest BCUT2D eigenvalue weighted by atomic mass is 9.49. The maximum atomic E-state index is 14.4. The van der Waals surface area contributed by atoms with E-state index in [1.807, 2.05) is 18.2 Å². The molecular formula is C37H50N4O4. The van der Waals surface area contributed by atoms with Crippen LogP contribution < -0.4 is 22.1 Å². The highest BCUT2D eigenvalue weighted by Gasteiger charge is 2.58. The van der Waals surface area contributed by atoms with Gasteiger partial charge in [0.15, 0.2) is 0 Å². The number of hydrogen-bond donors (Lipinski definition) is 5. The Hall–Kier alpha value is -3.23. The summed E-state index contributed by atoms with van der Waals surface area (Å²) in [6.45, 7) is 8.25. The molecule has 2 fully saturated rings. The van der Waals surface area contributed by atoms with Crippen LogP contribution in [0.1, 0.15) is 101 Å². The second-order valence-corrected chi connectivity index (χ2v) is 15.4. The minimum Gasteiger partial charge on any atom is -0.399 e. The van der Waals surface area contributed by atoms with Crippen LogP contribution in [0.3, 0.4) is 0 Å². The number of nitrogens with two attached hydrogens (primary N) is 2. The smallest absolute Gasteiger partial charge is 0.243 e. The van der Waals surface area contributed by atoms with E-state index in [1.54, 1.807) is 0 Å². The number of hydrogen-bond acceptors (Lipinski definition) is 6. The number of aliphatic hydroxyl groups excluding tert-OH is 1. The fourth-order valence-electron chi connectivity index (χ4n) is 10.3. The van der Waals surface area contributed by atoms with Gasteiger partial charge in [-0.1, -0.05) is 52.7 Å². The predicted molar refractivity (Wildman–Crippen MR) is 176 cm³/mol. The van der Waals surface area contributed by atoms with Crippen LogP contribution in [0.5, 0.6) is 0 Å². The summed E-state index contributed by atoms with van der Waals surface area (Å²) in [6.07, 6.45) is 8.75. The lowest BCUT2D eigenvalue weighted by Gasteiger charge is -2.56. The summed E-state index contributed by atoms with van der Waals surface area (Å²) in [5.41, 5.74) is 16.5. The number of nitrogen functional groups attached to an aromatic ring is 1. The first-order chi connectivity index (χ1) is 21.3. The Kier molecular flexibility index (Phi) is 7.92. The fourth-order valence-corrected chi connectivity index (χ4v) is 10.3. The lowest BCUT2D eigenvalue weighted by Crippen LogP contribution is -2.60. The van der Waals surface area contributed by atoms with Gasteiger partial charge in [0, 0.05) is 11.4 Å². The summed E-state index contributed by atoms with van der Waals surface area (Å²) in [7, 11) is 0. The van der Waals surface area contributed by atoms with Gasteiger partial charge < -0.3 is 21.9 Å². The zero-order chi connectivity index (χ0) is 32.4. The van der Waals surface area contributed by atoms with Crippen LogP contribution in [0.4, 0.5) is 11.4 Å². The summed E-state index contributed by atoms with van der Waals surface area (Å²) >= 11 is 0. The maximum absolute atomic E-state index is 14.4. The molecule has 0 bridgehead atoms. The van der Waals surface area contributed by atoms with Gasteiger partial charge in [0.1, 0.15) is 6.04 Å². The van der Waals surface area contributed by atoms with Gasteiger partial charge in [-0.15, -0.1) is 0 Å². The van der Waals surface area contributed by atoms with E-state index >= 15 is 0 Å². The molecule has 0 spiro atoms. The number of fused-ring (bicyclic) bond motifs is 6. The van der Waals surface area contributed by atoms with Crippen molar-refractivity contribution in [3.05, 3.63) is 58.7 Å². The first kappa shape index (κ1) is 31.7. The van der Waals surface area contributed by atoms with E-state index in [0.29, 0.717) is 5.69 Å². The first-order valence-electron chi connectivity index (χ1n) is 16.8. The molecule has 0 heterocycles. The molecule has 4 aliphatic rings. The molecule has 7 atom stereocenters. The van der Waals surface area contributed by atoms with Gasteiger partial charge in [-0.25, -0.2) is 0 Å². The molecule has 0 aliphatic heterocycles. The Balaban J connectivity index is 1.25. The van der Waals surface area contributed by atoms with E-state index in [1.165, 1.54) is 16.7 Å². The molecule has 8 nitrogen and oxygen atoms in total. The summed E-state index contributed by atoms with van der Waals surface area (Å²) in [6, 6.07) is 11.2. The number of carbonyl (C=O) groups is 3. The maximum Gasteiger partial charge on any atom is 0.243 e. The molecule has 3 amide bonds. The molecule has 8 heteroatoms. The van der Waals surface area contributed by atoms with Crippen molar-refractivity contribution in [2.45, 2.75) is 109 Å². The number of benzene rings is 2. The molecule has 0 radical (unpaired) electrons. The van der Waals surface area contributed by atoms with Crippen LogP contribution in [0.2, 0.25) is 0 Å². The van der Waals surface area contributed by atoms with Crippen molar-refractivity contribution in [3.63, 3.8) is 0 Å². The van der Waals surface area contributed by atoms with E-state index in [-0.39, 0.29) is 34.5 Å². The molecule has 6 rings (SSSR count). The monoisotopic (exact) mass is 614 g/mol. The van der Waals surface area contributed by atoms with E-state index in [2.05, 4.69) is 56.5 Å². The van der Waals surface area contributed by atoms with E-state index in [0.717, 1.165) is 75.5 Å². The largest absolute Gasteiger partial charge is 0.399 e. The number of imide groups is 1. The highest BCUT2D eigenvalue weighted by molar-refractivity contribution is 6.01. The molecule has 2 aromatic rings. The predicted octanol–water partition coefficient (Wildman–Crippen LogP) is 4.89. The number of amides is 3.